The number of hydrogen-bond acceptors (Lipinski definition) is 4. The maximum absolute atomic E-state index is 11.6. The second-order valence-corrected chi connectivity index (χ2v) is 4.71. The lowest BCUT2D eigenvalue weighted by atomic mass is 10.0. The maximum Gasteiger partial charge on any atom is 0.311 e. The Balaban J connectivity index is 2.36. The van der Waals surface area contributed by atoms with Crippen LogP contribution in [0.1, 0.15) is 46.5 Å². The van der Waals surface area contributed by atoms with Gasteiger partial charge in [0, 0.05) is 0 Å². The molecule has 0 radical (unpaired) electrons. The fourth-order valence-corrected chi connectivity index (χ4v) is 2.17. The molecule has 0 aromatic carbocycles. The molecule has 1 fully saturated rings. The van der Waals surface area contributed by atoms with Crippen LogP contribution in [0.5, 0.6) is 0 Å². The Hall–Kier alpha value is -0.610. The zero-order valence-electron chi connectivity index (χ0n) is 11.0. The van der Waals surface area contributed by atoms with Crippen LogP contribution >= 0.6 is 0 Å². The summed E-state index contributed by atoms with van der Waals surface area (Å²) >= 11 is 0. The molecule has 1 saturated heterocycles. The molecular weight excluding hydrogens is 220 g/mol. The summed E-state index contributed by atoms with van der Waals surface area (Å²) in [4.78, 5) is 11.6. The van der Waals surface area contributed by atoms with Crippen LogP contribution in [0.2, 0.25) is 0 Å². The molecule has 1 heterocycles. The normalized spacial score (nSPS) is 27.8. The van der Waals surface area contributed by atoms with Crippen LogP contribution in [-0.4, -0.2) is 36.0 Å². The Labute approximate surface area is 103 Å². The number of ether oxygens (including phenoxy) is 2. The van der Waals surface area contributed by atoms with Gasteiger partial charge < -0.3 is 14.6 Å². The largest absolute Gasteiger partial charge is 0.466 e. The highest BCUT2D eigenvalue weighted by Crippen LogP contribution is 2.28. The smallest absolute Gasteiger partial charge is 0.311 e. The first-order chi connectivity index (χ1) is 8.08. The summed E-state index contributed by atoms with van der Waals surface area (Å²) in [5.74, 6) is -0.395. The molecular formula is C13H24O4. The van der Waals surface area contributed by atoms with E-state index in [4.69, 9.17) is 9.47 Å². The molecule has 100 valence electrons. The molecule has 0 aliphatic carbocycles. The van der Waals surface area contributed by atoms with Crippen LogP contribution in [-0.2, 0) is 14.3 Å². The monoisotopic (exact) mass is 244 g/mol. The number of carbonyl (C=O) groups is 1. The van der Waals surface area contributed by atoms with E-state index in [1.54, 1.807) is 6.92 Å². The van der Waals surface area contributed by atoms with E-state index in [1.165, 1.54) is 0 Å². The second-order valence-electron chi connectivity index (χ2n) is 4.71. The van der Waals surface area contributed by atoms with Crippen molar-refractivity contribution in [3.05, 3.63) is 0 Å². The molecule has 0 aromatic heterocycles. The molecule has 4 nitrogen and oxygen atoms in total. The summed E-state index contributed by atoms with van der Waals surface area (Å²) in [7, 11) is 0. The molecule has 0 bridgehead atoms. The van der Waals surface area contributed by atoms with Gasteiger partial charge in [-0.2, -0.15) is 0 Å². The highest BCUT2D eigenvalue weighted by molar-refractivity contribution is 5.72. The van der Waals surface area contributed by atoms with E-state index in [-0.39, 0.29) is 30.2 Å². The van der Waals surface area contributed by atoms with Crippen molar-refractivity contribution in [3.8, 4) is 0 Å². The molecule has 1 rings (SSSR count). The van der Waals surface area contributed by atoms with Gasteiger partial charge in [-0.25, -0.2) is 0 Å². The van der Waals surface area contributed by atoms with Gasteiger partial charge in [-0.3, -0.25) is 4.79 Å². The molecule has 0 aromatic rings. The van der Waals surface area contributed by atoms with Crippen LogP contribution in [0, 0.1) is 5.92 Å². The van der Waals surface area contributed by atoms with Gasteiger partial charge in [0.1, 0.15) is 0 Å². The minimum absolute atomic E-state index is 0.0527. The van der Waals surface area contributed by atoms with Gasteiger partial charge in [0.05, 0.1) is 30.8 Å². The Bertz CT molecular complexity index is 242. The van der Waals surface area contributed by atoms with E-state index >= 15 is 0 Å². The van der Waals surface area contributed by atoms with Gasteiger partial charge in [0.15, 0.2) is 0 Å². The predicted octanol–water partition coefficient (Wildman–Crippen LogP) is 1.89. The van der Waals surface area contributed by atoms with Crippen molar-refractivity contribution >= 4 is 5.97 Å². The predicted molar refractivity (Wildman–Crippen MR) is 64.6 cm³/mol. The first kappa shape index (κ1) is 14.5. The fourth-order valence-electron chi connectivity index (χ4n) is 2.17. The van der Waals surface area contributed by atoms with E-state index in [1.807, 2.05) is 13.8 Å². The zero-order valence-corrected chi connectivity index (χ0v) is 11.0. The quantitative estimate of drug-likeness (QED) is 0.725. The Morgan fingerprint density at radius 3 is 2.76 bits per heavy atom. The third-order valence-electron chi connectivity index (χ3n) is 3.36. The second kappa shape index (κ2) is 6.97. The first-order valence-electron chi connectivity index (χ1n) is 6.58. The summed E-state index contributed by atoms with van der Waals surface area (Å²) in [6, 6.07) is 0. The Morgan fingerprint density at radius 2 is 2.18 bits per heavy atom. The van der Waals surface area contributed by atoms with Crippen molar-refractivity contribution in [2.75, 3.05) is 6.61 Å². The van der Waals surface area contributed by atoms with Gasteiger partial charge >= 0.3 is 5.97 Å². The minimum Gasteiger partial charge on any atom is -0.466 e. The highest BCUT2D eigenvalue weighted by atomic mass is 16.5. The van der Waals surface area contributed by atoms with Crippen LogP contribution in [0.3, 0.4) is 0 Å². The maximum atomic E-state index is 11.6. The standard InChI is InChI=1S/C13H24O4/c1-4-10(14)8-11-6-7-12(17-11)9(3)13(15)16-5-2/h9-12,14H,4-8H2,1-3H3/t9-,10+,11+,12-/m0/s1. The summed E-state index contributed by atoms with van der Waals surface area (Å²) in [5, 5.41) is 9.56. The van der Waals surface area contributed by atoms with E-state index in [0.29, 0.717) is 13.0 Å². The van der Waals surface area contributed by atoms with Crippen molar-refractivity contribution in [1.29, 1.82) is 0 Å². The Kier molecular flexibility index (Phi) is 5.92. The van der Waals surface area contributed by atoms with Crippen molar-refractivity contribution in [1.82, 2.24) is 0 Å². The van der Waals surface area contributed by atoms with E-state index in [0.717, 1.165) is 19.3 Å². The molecule has 1 aliphatic heterocycles. The van der Waals surface area contributed by atoms with Gasteiger partial charge in [-0.1, -0.05) is 6.92 Å². The molecule has 0 saturated carbocycles. The van der Waals surface area contributed by atoms with Gasteiger partial charge in [-0.15, -0.1) is 0 Å². The molecule has 4 heteroatoms. The van der Waals surface area contributed by atoms with Crippen molar-refractivity contribution in [3.63, 3.8) is 0 Å². The van der Waals surface area contributed by atoms with Crippen molar-refractivity contribution in [2.45, 2.75) is 64.8 Å². The average Bonchev–Trinajstić information content (AvgIpc) is 2.76. The van der Waals surface area contributed by atoms with E-state index in [2.05, 4.69) is 0 Å². The molecule has 0 amide bonds. The van der Waals surface area contributed by atoms with Gasteiger partial charge in [-0.05, 0) is 39.5 Å². The highest BCUT2D eigenvalue weighted by Gasteiger charge is 2.34. The van der Waals surface area contributed by atoms with Gasteiger partial charge in [0.2, 0.25) is 0 Å². The summed E-state index contributed by atoms with van der Waals surface area (Å²) in [5.41, 5.74) is 0. The SMILES string of the molecule is CCOC(=O)[C@@H](C)[C@@H]1CC[C@H](C[C@H](O)CC)O1. The topological polar surface area (TPSA) is 55.8 Å². The number of aliphatic hydroxyl groups excluding tert-OH is 1. The van der Waals surface area contributed by atoms with Crippen molar-refractivity contribution < 1.29 is 19.4 Å². The number of aliphatic hydroxyl groups is 1. The van der Waals surface area contributed by atoms with E-state index in [9.17, 15) is 9.90 Å². The minimum atomic E-state index is -0.295. The number of carbonyl (C=O) groups excluding carboxylic acids is 1. The van der Waals surface area contributed by atoms with Gasteiger partial charge in [0.25, 0.3) is 0 Å². The lowest BCUT2D eigenvalue weighted by molar-refractivity contribution is -0.152. The number of hydrogen-bond donors (Lipinski definition) is 1. The number of esters is 1. The van der Waals surface area contributed by atoms with Crippen LogP contribution in [0.25, 0.3) is 0 Å². The fraction of sp³-hybridized carbons (Fsp3) is 0.923. The van der Waals surface area contributed by atoms with Crippen molar-refractivity contribution in [2.24, 2.45) is 5.92 Å². The zero-order chi connectivity index (χ0) is 12.8. The number of rotatable bonds is 6. The Morgan fingerprint density at radius 1 is 1.47 bits per heavy atom. The van der Waals surface area contributed by atoms with E-state index < -0.39 is 0 Å². The third kappa shape index (κ3) is 4.28. The molecule has 0 spiro atoms. The third-order valence-corrected chi connectivity index (χ3v) is 3.36. The lowest BCUT2D eigenvalue weighted by Gasteiger charge is -2.19. The summed E-state index contributed by atoms with van der Waals surface area (Å²) in [6.45, 7) is 6.02. The first-order valence-corrected chi connectivity index (χ1v) is 6.58. The molecule has 0 unspecified atom stereocenters. The lowest BCUT2D eigenvalue weighted by Crippen LogP contribution is -2.28. The molecule has 1 N–H and O–H groups in total. The summed E-state index contributed by atoms with van der Waals surface area (Å²) < 4.78 is 10.8. The average molecular weight is 244 g/mol. The van der Waals surface area contributed by atoms with Crippen LogP contribution in [0.15, 0.2) is 0 Å². The molecule has 1 aliphatic rings. The van der Waals surface area contributed by atoms with Crippen LogP contribution < -0.4 is 0 Å². The summed E-state index contributed by atoms with van der Waals surface area (Å²) in [6.07, 6.45) is 2.96. The molecule has 17 heavy (non-hydrogen) atoms. The molecule has 4 atom stereocenters. The van der Waals surface area contributed by atoms with Crippen LogP contribution in [0.4, 0.5) is 0 Å².